The van der Waals surface area contributed by atoms with E-state index in [9.17, 15) is 14.9 Å². The monoisotopic (exact) mass is 343 g/mol. The lowest BCUT2D eigenvalue weighted by Gasteiger charge is -2.20. The van der Waals surface area contributed by atoms with Crippen LogP contribution < -0.4 is 11.1 Å². The van der Waals surface area contributed by atoms with Crippen LogP contribution in [-0.2, 0) is 24.2 Å². The van der Waals surface area contributed by atoms with Crippen molar-refractivity contribution >= 4 is 17.4 Å². The summed E-state index contributed by atoms with van der Waals surface area (Å²) in [4.78, 5) is 22.4. The number of nitrogens with two attached hydrogens (primary N) is 1. The Morgan fingerprint density at radius 3 is 2.80 bits per heavy atom. The van der Waals surface area contributed by atoms with E-state index in [0.717, 1.165) is 29.3 Å². The van der Waals surface area contributed by atoms with E-state index in [4.69, 9.17) is 5.73 Å². The number of carbonyl (C=O) groups is 1. The first-order chi connectivity index (χ1) is 12.0. The molecular formula is C17H21N5O3. The molecule has 2 aromatic rings. The summed E-state index contributed by atoms with van der Waals surface area (Å²) in [7, 11) is 0. The number of hydrogen-bond acceptors (Lipinski definition) is 5. The van der Waals surface area contributed by atoms with Crippen LogP contribution in [0.1, 0.15) is 42.5 Å². The molecule has 1 aliphatic carbocycles. The fraction of sp³-hybridized carbons (Fsp3) is 0.412. The second-order valence-electron chi connectivity index (χ2n) is 6.35. The molecular weight excluding hydrogens is 322 g/mol. The topological polar surface area (TPSA) is 116 Å². The summed E-state index contributed by atoms with van der Waals surface area (Å²) in [5, 5.41) is 17.5. The van der Waals surface area contributed by atoms with E-state index in [1.807, 2.05) is 13.0 Å². The van der Waals surface area contributed by atoms with E-state index in [2.05, 4.69) is 22.5 Å². The molecule has 1 amide bonds. The fourth-order valence-electron chi connectivity index (χ4n) is 3.18. The van der Waals surface area contributed by atoms with Gasteiger partial charge in [0.1, 0.15) is 12.7 Å². The maximum absolute atomic E-state index is 12.2. The number of amides is 1. The van der Waals surface area contributed by atoms with Crippen molar-refractivity contribution in [3.8, 4) is 0 Å². The lowest BCUT2D eigenvalue weighted by Crippen LogP contribution is -2.31. The molecule has 25 heavy (non-hydrogen) atoms. The third-order valence-corrected chi connectivity index (χ3v) is 4.60. The molecule has 1 aromatic heterocycles. The number of nitrogens with zero attached hydrogens (tertiary/aromatic N) is 3. The van der Waals surface area contributed by atoms with Crippen molar-refractivity contribution in [1.29, 1.82) is 0 Å². The van der Waals surface area contributed by atoms with E-state index in [1.54, 1.807) is 0 Å². The van der Waals surface area contributed by atoms with E-state index in [-0.39, 0.29) is 30.0 Å². The first-order valence-corrected chi connectivity index (χ1v) is 8.32. The number of nitrogen functional groups attached to an aromatic ring is 1. The molecule has 0 radical (unpaired) electrons. The van der Waals surface area contributed by atoms with Crippen LogP contribution in [0, 0.1) is 10.1 Å². The van der Waals surface area contributed by atoms with Gasteiger partial charge in [-0.15, -0.1) is 0 Å². The number of aryl methyl sites for hydroxylation is 2. The van der Waals surface area contributed by atoms with Crippen molar-refractivity contribution in [2.24, 2.45) is 0 Å². The zero-order chi connectivity index (χ0) is 18.0. The maximum atomic E-state index is 12.2. The highest BCUT2D eigenvalue weighted by Crippen LogP contribution is 2.25. The lowest BCUT2D eigenvalue weighted by atomic mass is 9.89. The Balaban J connectivity index is 1.65. The van der Waals surface area contributed by atoms with Gasteiger partial charge in [-0.3, -0.25) is 14.9 Å². The highest BCUT2D eigenvalue weighted by atomic mass is 16.6. The average Bonchev–Trinajstić information content (AvgIpc) is 2.95. The molecule has 8 nitrogen and oxygen atoms in total. The molecule has 1 atom stereocenters. The summed E-state index contributed by atoms with van der Waals surface area (Å²) in [5.41, 5.74) is 9.15. The quantitative estimate of drug-likeness (QED) is 0.637. The lowest BCUT2D eigenvalue weighted by molar-refractivity contribution is -0.384. The van der Waals surface area contributed by atoms with Gasteiger partial charge in [-0.25, -0.2) is 4.68 Å². The van der Waals surface area contributed by atoms with E-state index in [1.165, 1.54) is 24.0 Å². The first kappa shape index (κ1) is 16.9. The van der Waals surface area contributed by atoms with Crippen LogP contribution >= 0.6 is 0 Å². The van der Waals surface area contributed by atoms with E-state index < -0.39 is 4.92 Å². The largest absolute Gasteiger partial charge is 0.378 e. The highest BCUT2D eigenvalue weighted by Gasteiger charge is 2.20. The zero-order valence-electron chi connectivity index (χ0n) is 14.1. The third kappa shape index (κ3) is 3.62. The second-order valence-corrected chi connectivity index (χ2v) is 6.35. The van der Waals surface area contributed by atoms with Crippen molar-refractivity contribution in [1.82, 2.24) is 15.1 Å². The Morgan fingerprint density at radius 1 is 1.40 bits per heavy atom. The van der Waals surface area contributed by atoms with Gasteiger partial charge in [0.2, 0.25) is 11.7 Å². The number of benzene rings is 1. The summed E-state index contributed by atoms with van der Waals surface area (Å²) in [5.74, 6) is -0.420. The molecule has 0 fully saturated rings. The van der Waals surface area contributed by atoms with Crippen molar-refractivity contribution in [3.63, 3.8) is 0 Å². The van der Waals surface area contributed by atoms with Gasteiger partial charge < -0.3 is 11.1 Å². The summed E-state index contributed by atoms with van der Waals surface area (Å²) in [6, 6.07) is 6.18. The number of anilines is 1. The fourth-order valence-corrected chi connectivity index (χ4v) is 3.18. The summed E-state index contributed by atoms with van der Waals surface area (Å²) in [6.45, 7) is 1.76. The number of nitro groups is 1. The Bertz CT molecular complexity index is 815. The summed E-state index contributed by atoms with van der Waals surface area (Å²) < 4.78 is 1.13. The Morgan fingerprint density at radius 2 is 2.12 bits per heavy atom. The average molecular weight is 343 g/mol. The highest BCUT2D eigenvalue weighted by molar-refractivity contribution is 5.77. The molecule has 132 valence electrons. The number of nitrogens with one attached hydrogen (secondary N) is 1. The second kappa shape index (κ2) is 6.92. The summed E-state index contributed by atoms with van der Waals surface area (Å²) >= 11 is 0. The molecule has 3 rings (SSSR count). The van der Waals surface area contributed by atoms with Crippen LogP contribution in [0.2, 0.25) is 0 Å². The number of hydrogen-bond donors (Lipinski definition) is 2. The zero-order valence-corrected chi connectivity index (χ0v) is 14.1. The van der Waals surface area contributed by atoms with Gasteiger partial charge in [-0.05, 0) is 49.3 Å². The van der Waals surface area contributed by atoms with Crippen molar-refractivity contribution < 1.29 is 9.72 Å². The molecule has 0 spiro atoms. The molecule has 1 aliphatic rings. The molecule has 0 aliphatic heterocycles. The molecule has 0 saturated heterocycles. The van der Waals surface area contributed by atoms with Crippen molar-refractivity contribution in [3.05, 3.63) is 51.2 Å². The molecule has 8 heteroatoms. The van der Waals surface area contributed by atoms with E-state index >= 15 is 0 Å². The van der Waals surface area contributed by atoms with Crippen LogP contribution in [0.3, 0.4) is 0 Å². The normalized spacial score (nSPS) is 14.6. The molecule has 1 heterocycles. The minimum absolute atomic E-state index is 0.124. The standard InChI is InChI=1S/C17H21N5O3/c1-11(13-7-6-12-4-2-3-5-14(12)8-13)20-16(23)10-21-17(18)15(9-19-21)22(24)25/h6-9,11H,2-5,10,18H2,1H3,(H,20,23)/t11-/m0/s1. The summed E-state index contributed by atoms with van der Waals surface area (Å²) in [6.07, 6.45) is 5.69. The molecule has 0 bridgehead atoms. The third-order valence-electron chi connectivity index (χ3n) is 4.60. The predicted molar refractivity (Wildman–Crippen MR) is 92.9 cm³/mol. The Kier molecular flexibility index (Phi) is 4.69. The van der Waals surface area contributed by atoms with Gasteiger partial charge in [0.25, 0.3) is 0 Å². The maximum Gasteiger partial charge on any atom is 0.330 e. The van der Waals surface area contributed by atoms with Gasteiger partial charge in [-0.2, -0.15) is 5.10 Å². The Labute approximate surface area is 145 Å². The number of rotatable bonds is 5. The predicted octanol–water partition coefficient (Wildman–Crippen LogP) is 2.13. The molecule has 1 aromatic carbocycles. The number of fused-ring (bicyclic) bond motifs is 1. The van der Waals surface area contributed by atoms with Crippen LogP contribution in [0.5, 0.6) is 0 Å². The molecule has 0 unspecified atom stereocenters. The van der Waals surface area contributed by atoms with Gasteiger partial charge in [-0.1, -0.05) is 18.2 Å². The molecule has 0 saturated carbocycles. The first-order valence-electron chi connectivity index (χ1n) is 8.32. The minimum Gasteiger partial charge on any atom is -0.378 e. The van der Waals surface area contributed by atoms with Crippen LogP contribution in [0.15, 0.2) is 24.4 Å². The van der Waals surface area contributed by atoms with Gasteiger partial charge in [0, 0.05) is 0 Å². The van der Waals surface area contributed by atoms with Gasteiger partial charge in [0.05, 0.1) is 11.0 Å². The van der Waals surface area contributed by atoms with Crippen molar-refractivity contribution in [2.45, 2.75) is 45.2 Å². The van der Waals surface area contributed by atoms with Crippen LogP contribution in [0.25, 0.3) is 0 Å². The van der Waals surface area contributed by atoms with Crippen LogP contribution in [-0.4, -0.2) is 20.6 Å². The SMILES string of the molecule is C[C@H](NC(=O)Cn1ncc([N+](=O)[O-])c1N)c1ccc2c(c1)CCCC2. The Hall–Kier alpha value is -2.90. The minimum atomic E-state index is -0.619. The smallest absolute Gasteiger partial charge is 0.330 e. The van der Waals surface area contributed by atoms with Gasteiger partial charge >= 0.3 is 5.69 Å². The van der Waals surface area contributed by atoms with Crippen LogP contribution in [0.4, 0.5) is 11.5 Å². The number of carbonyl (C=O) groups excluding carboxylic acids is 1. The molecule has 3 N–H and O–H groups in total. The van der Waals surface area contributed by atoms with Gasteiger partial charge in [0.15, 0.2) is 0 Å². The van der Waals surface area contributed by atoms with E-state index in [0.29, 0.717) is 0 Å². The number of aromatic nitrogens is 2. The van der Waals surface area contributed by atoms with Crippen molar-refractivity contribution in [2.75, 3.05) is 5.73 Å².